The molecule has 2 heterocycles. The third kappa shape index (κ3) is 1.50. The maximum absolute atomic E-state index is 5.83. The fraction of sp³-hybridized carbons (Fsp3) is 0.444. The minimum absolute atomic E-state index is 0.253. The number of nitrogens with two attached hydrogens (primary N) is 1. The van der Waals surface area contributed by atoms with E-state index in [1.54, 1.807) is 12.4 Å². The number of nitrogens with zero attached hydrogens (tertiary/aromatic N) is 2. The van der Waals surface area contributed by atoms with Gasteiger partial charge in [0.2, 0.25) is 0 Å². The maximum atomic E-state index is 5.83. The summed E-state index contributed by atoms with van der Waals surface area (Å²) in [5.74, 6) is 0. The summed E-state index contributed by atoms with van der Waals surface area (Å²) in [5, 5.41) is 3.38. The Morgan fingerprint density at radius 2 is 2.54 bits per heavy atom. The highest BCUT2D eigenvalue weighted by atomic mass is 15.3. The molecule has 1 fully saturated rings. The number of pyridine rings is 1. The van der Waals surface area contributed by atoms with E-state index >= 15 is 0 Å². The number of anilines is 1. The van der Waals surface area contributed by atoms with Crippen molar-refractivity contribution < 1.29 is 0 Å². The van der Waals surface area contributed by atoms with Gasteiger partial charge in [0, 0.05) is 24.8 Å². The summed E-state index contributed by atoms with van der Waals surface area (Å²) in [6, 6.07) is 1.97. The third-order valence-corrected chi connectivity index (χ3v) is 2.42. The average Bonchev–Trinajstić information content (AvgIpc) is 2.52. The van der Waals surface area contributed by atoms with E-state index in [1.807, 2.05) is 6.07 Å². The van der Waals surface area contributed by atoms with Gasteiger partial charge in [0.15, 0.2) is 0 Å². The van der Waals surface area contributed by atoms with Crippen molar-refractivity contribution in [1.29, 1.82) is 0 Å². The largest absolute Gasteiger partial charge is 0.397 e. The van der Waals surface area contributed by atoms with Gasteiger partial charge >= 0.3 is 0 Å². The molecule has 4 heteroatoms. The summed E-state index contributed by atoms with van der Waals surface area (Å²) in [7, 11) is 2.09. The van der Waals surface area contributed by atoms with Gasteiger partial charge in [-0.15, -0.1) is 0 Å². The van der Waals surface area contributed by atoms with Crippen LogP contribution in [0.15, 0.2) is 18.5 Å². The van der Waals surface area contributed by atoms with E-state index in [0.717, 1.165) is 24.3 Å². The molecule has 0 amide bonds. The first-order valence-corrected chi connectivity index (χ1v) is 4.42. The van der Waals surface area contributed by atoms with Crippen LogP contribution in [0.2, 0.25) is 0 Å². The first kappa shape index (κ1) is 8.47. The smallest absolute Gasteiger partial charge is 0.0880 e. The van der Waals surface area contributed by atoms with E-state index in [-0.39, 0.29) is 6.17 Å². The number of nitrogens with one attached hydrogen (secondary N) is 1. The molecule has 3 N–H and O–H groups in total. The molecule has 0 saturated carbocycles. The average molecular weight is 178 g/mol. The van der Waals surface area contributed by atoms with Gasteiger partial charge in [0.05, 0.1) is 18.1 Å². The Bertz CT molecular complexity index is 299. The molecule has 70 valence electrons. The van der Waals surface area contributed by atoms with Crippen LogP contribution in [0, 0.1) is 0 Å². The molecular formula is C9H14N4. The minimum atomic E-state index is 0.253. The molecule has 0 radical (unpaired) electrons. The molecule has 1 unspecified atom stereocenters. The second-order valence-electron chi connectivity index (χ2n) is 3.34. The Labute approximate surface area is 77.8 Å². The first-order valence-electron chi connectivity index (χ1n) is 4.42. The van der Waals surface area contributed by atoms with Gasteiger partial charge in [-0.2, -0.15) is 0 Å². The highest BCUT2D eigenvalue weighted by Crippen LogP contribution is 2.23. The van der Waals surface area contributed by atoms with Gasteiger partial charge in [-0.3, -0.25) is 15.2 Å². The second kappa shape index (κ2) is 3.32. The van der Waals surface area contributed by atoms with Gasteiger partial charge in [-0.25, -0.2) is 0 Å². The van der Waals surface area contributed by atoms with Gasteiger partial charge in [-0.05, 0) is 13.1 Å². The fourth-order valence-corrected chi connectivity index (χ4v) is 1.68. The third-order valence-electron chi connectivity index (χ3n) is 2.42. The van der Waals surface area contributed by atoms with Crippen LogP contribution in [0.5, 0.6) is 0 Å². The molecule has 0 aromatic carbocycles. The zero-order valence-corrected chi connectivity index (χ0v) is 7.70. The van der Waals surface area contributed by atoms with E-state index in [4.69, 9.17) is 5.73 Å². The van der Waals surface area contributed by atoms with Crippen molar-refractivity contribution in [2.75, 3.05) is 25.9 Å². The van der Waals surface area contributed by atoms with Crippen LogP contribution in [0.25, 0.3) is 0 Å². The van der Waals surface area contributed by atoms with Crippen LogP contribution in [0.3, 0.4) is 0 Å². The van der Waals surface area contributed by atoms with Gasteiger partial charge in [0.25, 0.3) is 0 Å². The monoisotopic (exact) mass is 178 g/mol. The molecule has 1 saturated heterocycles. The minimum Gasteiger partial charge on any atom is -0.397 e. The fourth-order valence-electron chi connectivity index (χ4n) is 1.68. The first-order chi connectivity index (χ1) is 6.29. The Hall–Kier alpha value is -1.13. The number of nitrogen functional groups attached to an aromatic ring is 1. The van der Waals surface area contributed by atoms with Crippen LogP contribution >= 0.6 is 0 Å². The van der Waals surface area contributed by atoms with Crippen molar-refractivity contribution in [2.24, 2.45) is 0 Å². The van der Waals surface area contributed by atoms with Crippen LogP contribution in [0.4, 0.5) is 5.69 Å². The lowest BCUT2D eigenvalue weighted by Gasteiger charge is -2.20. The molecule has 0 aliphatic carbocycles. The number of likely N-dealkylation sites (N-methyl/N-ethyl adjacent to an activating group) is 1. The Morgan fingerprint density at radius 3 is 3.15 bits per heavy atom. The molecular weight excluding hydrogens is 164 g/mol. The highest BCUT2D eigenvalue weighted by Gasteiger charge is 2.23. The summed E-state index contributed by atoms with van der Waals surface area (Å²) in [6.45, 7) is 2.08. The molecule has 1 aliphatic heterocycles. The van der Waals surface area contributed by atoms with E-state index in [0.29, 0.717) is 0 Å². The van der Waals surface area contributed by atoms with Crippen LogP contribution in [0.1, 0.15) is 11.7 Å². The van der Waals surface area contributed by atoms with Crippen molar-refractivity contribution >= 4 is 5.69 Å². The van der Waals surface area contributed by atoms with Gasteiger partial charge in [0.1, 0.15) is 0 Å². The van der Waals surface area contributed by atoms with E-state index < -0.39 is 0 Å². The van der Waals surface area contributed by atoms with Crippen molar-refractivity contribution in [3.63, 3.8) is 0 Å². The second-order valence-corrected chi connectivity index (χ2v) is 3.34. The SMILES string of the molecule is CN1CCNC1c1ccncc1N. The maximum Gasteiger partial charge on any atom is 0.0880 e. The van der Waals surface area contributed by atoms with E-state index in [9.17, 15) is 0 Å². The van der Waals surface area contributed by atoms with E-state index in [1.165, 1.54) is 0 Å². The molecule has 0 spiro atoms. The van der Waals surface area contributed by atoms with E-state index in [2.05, 4.69) is 22.2 Å². The normalized spacial score (nSPS) is 23.6. The molecule has 1 aliphatic rings. The lowest BCUT2D eigenvalue weighted by Crippen LogP contribution is -2.24. The number of hydrogen-bond acceptors (Lipinski definition) is 4. The Balaban J connectivity index is 2.29. The molecule has 0 bridgehead atoms. The molecule has 1 aromatic heterocycles. The summed E-state index contributed by atoms with van der Waals surface area (Å²) < 4.78 is 0. The summed E-state index contributed by atoms with van der Waals surface area (Å²) >= 11 is 0. The van der Waals surface area contributed by atoms with Gasteiger partial charge in [-0.1, -0.05) is 0 Å². The predicted molar refractivity (Wildman–Crippen MR) is 52.0 cm³/mol. The molecule has 13 heavy (non-hydrogen) atoms. The quantitative estimate of drug-likeness (QED) is 0.645. The van der Waals surface area contributed by atoms with Crippen molar-refractivity contribution in [3.8, 4) is 0 Å². The molecule has 2 rings (SSSR count). The Kier molecular flexibility index (Phi) is 2.16. The highest BCUT2D eigenvalue weighted by molar-refractivity contribution is 5.45. The topological polar surface area (TPSA) is 54.2 Å². The number of aromatic nitrogens is 1. The Morgan fingerprint density at radius 1 is 1.69 bits per heavy atom. The zero-order chi connectivity index (χ0) is 9.26. The van der Waals surface area contributed by atoms with Crippen LogP contribution in [-0.2, 0) is 0 Å². The summed E-state index contributed by atoms with van der Waals surface area (Å²) in [6.07, 6.45) is 3.73. The summed E-state index contributed by atoms with van der Waals surface area (Å²) in [4.78, 5) is 6.21. The van der Waals surface area contributed by atoms with Crippen LogP contribution in [-0.4, -0.2) is 30.0 Å². The molecule has 1 aromatic rings. The van der Waals surface area contributed by atoms with Crippen molar-refractivity contribution in [3.05, 3.63) is 24.0 Å². The standard InChI is InChI=1S/C9H14N4/c1-13-5-4-12-9(13)7-2-3-11-6-8(7)10/h2-3,6,9,12H,4-5,10H2,1H3. The van der Waals surface area contributed by atoms with Crippen molar-refractivity contribution in [2.45, 2.75) is 6.17 Å². The number of hydrogen-bond donors (Lipinski definition) is 2. The predicted octanol–water partition coefficient (Wildman–Crippen LogP) is 0.197. The zero-order valence-electron chi connectivity index (χ0n) is 7.70. The lowest BCUT2D eigenvalue weighted by molar-refractivity contribution is 0.302. The van der Waals surface area contributed by atoms with Crippen molar-refractivity contribution in [1.82, 2.24) is 15.2 Å². The van der Waals surface area contributed by atoms with Crippen LogP contribution < -0.4 is 11.1 Å². The van der Waals surface area contributed by atoms with Gasteiger partial charge < -0.3 is 5.73 Å². The molecule has 4 nitrogen and oxygen atoms in total. The summed E-state index contributed by atoms with van der Waals surface area (Å²) in [5.41, 5.74) is 7.71. The number of rotatable bonds is 1. The molecule has 1 atom stereocenters. The lowest BCUT2D eigenvalue weighted by atomic mass is 10.2.